The van der Waals surface area contributed by atoms with Crippen molar-refractivity contribution in [2.75, 3.05) is 0 Å². The molecule has 2 atom stereocenters. The van der Waals surface area contributed by atoms with Gasteiger partial charge in [-0.3, -0.25) is 14.9 Å². The Kier molecular flexibility index (Phi) is 4.10. The van der Waals surface area contributed by atoms with Gasteiger partial charge in [0.2, 0.25) is 5.91 Å². The van der Waals surface area contributed by atoms with Crippen molar-refractivity contribution in [3.05, 3.63) is 28.0 Å². The summed E-state index contributed by atoms with van der Waals surface area (Å²) in [6, 6.07) is 2.77. The molecule has 0 saturated heterocycles. The number of carbonyl (C=O) groups is 1. The van der Waals surface area contributed by atoms with Gasteiger partial charge in [0.25, 0.3) is 0 Å². The van der Waals surface area contributed by atoms with E-state index in [1.165, 1.54) is 63.3 Å². The summed E-state index contributed by atoms with van der Waals surface area (Å²) in [7, 11) is 0. The third kappa shape index (κ3) is 2.86. The first kappa shape index (κ1) is 17.9. The van der Waals surface area contributed by atoms with Crippen LogP contribution in [0.15, 0.2) is 21.7 Å². The first-order valence-electron chi connectivity index (χ1n) is 10.6. The fraction of sp³-hybridized carbons (Fsp3) is 0.714. The zero-order valence-corrected chi connectivity index (χ0v) is 16.1. The van der Waals surface area contributed by atoms with Crippen LogP contribution < -0.4 is 5.43 Å². The Balaban J connectivity index is 1.31. The van der Waals surface area contributed by atoms with Crippen LogP contribution in [0.2, 0.25) is 0 Å². The lowest BCUT2D eigenvalue weighted by Crippen LogP contribution is -2.58. The summed E-state index contributed by atoms with van der Waals surface area (Å²) in [5, 5.41) is 14.7. The largest absolute Gasteiger partial charge is 0.433 e. The van der Waals surface area contributed by atoms with Gasteiger partial charge in [0.05, 0.1) is 17.7 Å². The Morgan fingerprint density at radius 3 is 2.57 bits per heavy atom. The fourth-order valence-corrected chi connectivity index (χ4v) is 7.40. The maximum Gasteiger partial charge on any atom is 0.433 e. The molecule has 150 valence electrons. The number of rotatable bonds is 5. The van der Waals surface area contributed by atoms with E-state index in [1.54, 1.807) is 0 Å². The minimum absolute atomic E-state index is 0.0290. The molecule has 1 heterocycles. The minimum atomic E-state index is -0.589. The second-order valence-corrected chi connectivity index (χ2v) is 9.72. The number of hydrogen-bond donors (Lipinski definition) is 1. The van der Waals surface area contributed by atoms with E-state index in [9.17, 15) is 14.9 Å². The van der Waals surface area contributed by atoms with Crippen molar-refractivity contribution in [1.82, 2.24) is 5.43 Å². The van der Waals surface area contributed by atoms with Gasteiger partial charge in [-0.2, -0.15) is 5.10 Å². The number of nitrogens with zero attached hydrogens (tertiary/aromatic N) is 2. The summed E-state index contributed by atoms with van der Waals surface area (Å²) in [6.07, 6.45) is 13.7. The van der Waals surface area contributed by atoms with Crippen molar-refractivity contribution in [2.24, 2.45) is 33.7 Å². The van der Waals surface area contributed by atoms with Gasteiger partial charge in [0.1, 0.15) is 4.92 Å². The molecule has 0 spiro atoms. The van der Waals surface area contributed by atoms with Gasteiger partial charge in [-0.05, 0) is 80.6 Å². The number of hydrogen-bond acceptors (Lipinski definition) is 5. The average molecular weight is 385 g/mol. The molecule has 7 nitrogen and oxygen atoms in total. The number of carbonyl (C=O) groups excluding carboxylic acids is 1. The van der Waals surface area contributed by atoms with Gasteiger partial charge in [-0.25, -0.2) is 5.43 Å². The molecule has 6 rings (SSSR count). The predicted molar refractivity (Wildman–Crippen MR) is 103 cm³/mol. The normalized spacial score (nSPS) is 37.0. The predicted octanol–water partition coefficient (Wildman–Crippen LogP) is 4.41. The van der Waals surface area contributed by atoms with Crippen LogP contribution in [0.25, 0.3) is 0 Å². The van der Waals surface area contributed by atoms with Crippen LogP contribution in [-0.4, -0.2) is 17.0 Å². The number of amides is 1. The van der Waals surface area contributed by atoms with Crippen LogP contribution in [0, 0.1) is 38.7 Å². The van der Waals surface area contributed by atoms with E-state index in [0.29, 0.717) is 17.3 Å². The smallest absolute Gasteiger partial charge is 0.400 e. The lowest BCUT2D eigenvalue weighted by Gasteiger charge is -2.63. The van der Waals surface area contributed by atoms with Crippen LogP contribution in [0.5, 0.6) is 0 Å². The molecule has 7 heteroatoms. The van der Waals surface area contributed by atoms with Crippen LogP contribution in [0.4, 0.5) is 5.88 Å². The Morgan fingerprint density at radius 1 is 1.21 bits per heavy atom. The van der Waals surface area contributed by atoms with Crippen molar-refractivity contribution in [3.8, 4) is 0 Å². The molecule has 1 aromatic rings. The molecular weight excluding hydrogens is 358 g/mol. The van der Waals surface area contributed by atoms with E-state index < -0.39 is 4.92 Å². The molecular formula is C21H27N3O4. The summed E-state index contributed by atoms with van der Waals surface area (Å²) in [4.78, 5) is 23.3. The lowest BCUT2D eigenvalue weighted by molar-refractivity contribution is -0.402. The summed E-state index contributed by atoms with van der Waals surface area (Å²) in [5.41, 5.74) is 2.83. The molecule has 5 fully saturated rings. The second-order valence-electron chi connectivity index (χ2n) is 9.72. The molecule has 1 amide bonds. The quantitative estimate of drug-likeness (QED) is 0.461. The standard InChI is InChI=1S/C21H27N3O4/c25-19(23-22-12-17-5-6-18(28-17)24(26)27)21-10-14-7-15(11-21)9-20(8-14,13-21)16-3-1-2-4-16/h5-6,12,14-16H,1-4,7-11,13H2,(H,23,25)/b22-12+. The van der Waals surface area contributed by atoms with Crippen LogP contribution in [-0.2, 0) is 4.79 Å². The maximum atomic E-state index is 13.2. The fourth-order valence-electron chi connectivity index (χ4n) is 7.40. The molecule has 5 aliphatic carbocycles. The highest BCUT2D eigenvalue weighted by atomic mass is 16.6. The topological polar surface area (TPSA) is 97.7 Å². The summed E-state index contributed by atoms with van der Waals surface area (Å²) in [6.45, 7) is 0. The van der Waals surface area contributed by atoms with E-state index >= 15 is 0 Å². The van der Waals surface area contributed by atoms with Crippen molar-refractivity contribution < 1.29 is 14.1 Å². The monoisotopic (exact) mass is 385 g/mol. The molecule has 5 aliphatic rings. The highest BCUT2D eigenvalue weighted by Gasteiger charge is 2.62. The third-order valence-corrected chi connectivity index (χ3v) is 7.96. The Labute approximate surface area is 164 Å². The molecule has 0 radical (unpaired) electrons. The average Bonchev–Trinajstić information content (AvgIpc) is 3.33. The molecule has 2 unspecified atom stereocenters. The number of nitro groups is 1. The molecule has 5 saturated carbocycles. The minimum Gasteiger partial charge on any atom is -0.400 e. The molecule has 1 aromatic heterocycles. The van der Waals surface area contributed by atoms with Crippen molar-refractivity contribution in [1.29, 1.82) is 0 Å². The number of hydrazone groups is 1. The van der Waals surface area contributed by atoms with E-state index in [0.717, 1.165) is 25.2 Å². The van der Waals surface area contributed by atoms with Gasteiger partial charge in [-0.15, -0.1) is 0 Å². The van der Waals surface area contributed by atoms with Gasteiger partial charge < -0.3 is 4.42 Å². The summed E-state index contributed by atoms with van der Waals surface area (Å²) >= 11 is 0. The van der Waals surface area contributed by atoms with Crippen LogP contribution in [0.3, 0.4) is 0 Å². The SMILES string of the molecule is O=C(N/N=C/c1ccc([N+](=O)[O-])o1)C12CC3CC(C1)CC(C1CCCC1)(C3)C2. The number of furan rings is 1. The van der Waals surface area contributed by atoms with Crippen LogP contribution >= 0.6 is 0 Å². The van der Waals surface area contributed by atoms with Gasteiger partial charge in [-0.1, -0.05) is 12.8 Å². The second kappa shape index (κ2) is 6.42. The zero-order chi connectivity index (χ0) is 19.4. The first-order chi connectivity index (χ1) is 13.5. The molecule has 0 aliphatic heterocycles. The Bertz CT molecular complexity index is 809. The van der Waals surface area contributed by atoms with Crippen molar-refractivity contribution >= 4 is 18.0 Å². The Morgan fingerprint density at radius 2 is 1.93 bits per heavy atom. The van der Waals surface area contributed by atoms with E-state index in [2.05, 4.69) is 10.5 Å². The molecule has 4 bridgehead atoms. The van der Waals surface area contributed by atoms with E-state index in [-0.39, 0.29) is 23.0 Å². The van der Waals surface area contributed by atoms with Crippen LogP contribution in [0.1, 0.15) is 70.0 Å². The molecule has 0 aromatic carbocycles. The maximum absolute atomic E-state index is 13.2. The van der Waals surface area contributed by atoms with Crippen molar-refractivity contribution in [3.63, 3.8) is 0 Å². The summed E-state index contributed by atoms with van der Waals surface area (Å²) in [5.74, 6) is 2.14. The van der Waals surface area contributed by atoms with Gasteiger partial charge in [0, 0.05) is 0 Å². The van der Waals surface area contributed by atoms with Crippen molar-refractivity contribution in [2.45, 2.75) is 64.2 Å². The zero-order valence-electron chi connectivity index (χ0n) is 16.1. The first-order valence-corrected chi connectivity index (χ1v) is 10.6. The third-order valence-electron chi connectivity index (χ3n) is 7.96. The Hall–Kier alpha value is -2.18. The molecule has 28 heavy (non-hydrogen) atoms. The lowest BCUT2D eigenvalue weighted by atomic mass is 9.41. The highest BCUT2D eigenvalue weighted by Crippen LogP contribution is 2.69. The van der Waals surface area contributed by atoms with E-state index in [4.69, 9.17) is 4.42 Å². The number of nitrogens with one attached hydrogen (secondary N) is 1. The van der Waals surface area contributed by atoms with E-state index in [1.807, 2.05) is 0 Å². The van der Waals surface area contributed by atoms with Gasteiger partial charge >= 0.3 is 5.88 Å². The van der Waals surface area contributed by atoms with Gasteiger partial charge in [0.15, 0.2) is 5.76 Å². The highest BCUT2D eigenvalue weighted by molar-refractivity contribution is 5.85. The summed E-state index contributed by atoms with van der Waals surface area (Å²) < 4.78 is 5.06. The molecule has 1 N–H and O–H groups in total.